The molecule has 0 saturated carbocycles. The van der Waals surface area contributed by atoms with E-state index < -0.39 is 5.82 Å². The predicted molar refractivity (Wildman–Crippen MR) is 78.1 cm³/mol. The van der Waals surface area contributed by atoms with Crippen LogP contribution in [0.2, 0.25) is 5.02 Å². The van der Waals surface area contributed by atoms with E-state index in [1.54, 1.807) is 19.2 Å². The van der Waals surface area contributed by atoms with Crippen LogP contribution in [0, 0.1) is 12.7 Å². The fourth-order valence-electron chi connectivity index (χ4n) is 1.69. The molecular formula is C13H11BrClFN2O. The van der Waals surface area contributed by atoms with Crippen LogP contribution < -0.4 is 11.3 Å². The second-order valence-corrected chi connectivity index (χ2v) is 5.39. The number of aromatic nitrogens is 1. The molecule has 0 aliphatic rings. The highest BCUT2D eigenvalue weighted by molar-refractivity contribution is 9.10. The second-order valence-electron chi connectivity index (χ2n) is 4.19. The average molecular weight is 346 g/mol. The number of hydrogen-bond donors (Lipinski definition) is 1. The number of benzene rings is 1. The van der Waals surface area contributed by atoms with Crippen molar-refractivity contribution in [3.63, 3.8) is 0 Å². The maximum Gasteiger partial charge on any atom is 0.265 e. The van der Waals surface area contributed by atoms with Gasteiger partial charge in [0.15, 0.2) is 0 Å². The quantitative estimate of drug-likeness (QED) is 0.907. The third-order valence-electron chi connectivity index (χ3n) is 2.86. The van der Waals surface area contributed by atoms with Gasteiger partial charge in [-0.1, -0.05) is 17.7 Å². The Labute approximate surface area is 122 Å². The molecule has 0 aliphatic heterocycles. The number of nitrogen functional groups attached to an aromatic ring is 1. The fraction of sp³-hybridized carbons (Fsp3) is 0.154. The molecule has 2 rings (SSSR count). The number of hydrogen-bond acceptors (Lipinski definition) is 2. The number of pyridine rings is 1. The molecule has 19 heavy (non-hydrogen) atoms. The third kappa shape index (κ3) is 2.82. The summed E-state index contributed by atoms with van der Waals surface area (Å²) in [4.78, 5) is 12.1. The van der Waals surface area contributed by atoms with E-state index in [0.717, 1.165) is 0 Å². The predicted octanol–water partition coefficient (Wildman–Crippen LogP) is 3.34. The first-order valence-electron chi connectivity index (χ1n) is 5.49. The molecule has 1 aromatic heterocycles. The Morgan fingerprint density at radius 3 is 2.79 bits per heavy atom. The largest absolute Gasteiger partial charge is 0.397 e. The standard InChI is InChI=1S/C13H11BrClFN2O/c1-7-11(17)6-18(13(19)12(7)14)5-8-2-3-9(16)4-10(8)15/h2-4,6H,5,17H2,1H3. The minimum absolute atomic E-state index is 0.202. The van der Waals surface area contributed by atoms with Crippen molar-refractivity contribution in [3.05, 3.63) is 61.2 Å². The van der Waals surface area contributed by atoms with Crippen molar-refractivity contribution in [2.75, 3.05) is 5.73 Å². The molecule has 100 valence electrons. The summed E-state index contributed by atoms with van der Waals surface area (Å²) >= 11 is 9.16. The molecule has 0 fully saturated rings. The van der Waals surface area contributed by atoms with Gasteiger partial charge in [0.25, 0.3) is 5.56 Å². The number of anilines is 1. The minimum Gasteiger partial charge on any atom is -0.397 e. The van der Waals surface area contributed by atoms with Gasteiger partial charge in [0.05, 0.1) is 16.7 Å². The van der Waals surface area contributed by atoms with Gasteiger partial charge in [0, 0.05) is 11.2 Å². The van der Waals surface area contributed by atoms with E-state index in [1.807, 2.05) is 0 Å². The molecular weight excluding hydrogens is 335 g/mol. The van der Waals surface area contributed by atoms with Gasteiger partial charge in [-0.25, -0.2) is 4.39 Å². The summed E-state index contributed by atoms with van der Waals surface area (Å²) in [6.07, 6.45) is 1.56. The minimum atomic E-state index is -0.411. The van der Waals surface area contributed by atoms with Crippen molar-refractivity contribution in [1.29, 1.82) is 0 Å². The lowest BCUT2D eigenvalue weighted by molar-refractivity contribution is 0.626. The third-order valence-corrected chi connectivity index (χ3v) is 4.15. The molecule has 2 aromatic rings. The summed E-state index contributed by atoms with van der Waals surface area (Å²) in [5, 5.41) is 0.280. The molecule has 0 atom stereocenters. The Morgan fingerprint density at radius 1 is 1.47 bits per heavy atom. The Hall–Kier alpha value is -1.33. The van der Waals surface area contributed by atoms with E-state index in [9.17, 15) is 9.18 Å². The van der Waals surface area contributed by atoms with E-state index >= 15 is 0 Å². The summed E-state index contributed by atoms with van der Waals surface area (Å²) in [5.41, 5.74) is 7.48. The Morgan fingerprint density at radius 2 is 2.16 bits per heavy atom. The molecule has 0 aliphatic carbocycles. The second kappa shape index (κ2) is 5.35. The lowest BCUT2D eigenvalue weighted by atomic mass is 10.2. The van der Waals surface area contributed by atoms with E-state index in [1.165, 1.54) is 16.7 Å². The van der Waals surface area contributed by atoms with Crippen molar-refractivity contribution < 1.29 is 4.39 Å². The van der Waals surface area contributed by atoms with Gasteiger partial charge in [-0.05, 0) is 46.1 Å². The first-order valence-corrected chi connectivity index (χ1v) is 6.66. The van der Waals surface area contributed by atoms with Gasteiger partial charge in [-0.2, -0.15) is 0 Å². The molecule has 0 unspecified atom stereocenters. The van der Waals surface area contributed by atoms with Crippen molar-refractivity contribution in [1.82, 2.24) is 4.57 Å². The number of rotatable bonds is 2. The zero-order valence-corrected chi connectivity index (χ0v) is 12.4. The first kappa shape index (κ1) is 14.1. The molecule has 0 spiro atoms. The monoisotopic (exact) mass is 344 g/mol. The molecule has 0 radical (unpaired) electrons. The highest BCUT2D eigenvalue weighted by Gasteiger charge is 2.10. The molecule has 3 nitrogen and oxygen atoms in total. The fourth-order valence-corrected chi connectivity index (χ4v) is 2.37. The van der Waals surface area contributed by atoms with Crippen molar-refractivity contribution in [2.45, 2.75) is 13.5 Å². The SMILES string of the molecule is Cc1c(N)cn(Cc2ccc(F)cc2Cl)c(=O)c1Br. The summed E-state index contributed by atoms with van der Waals surface area (Å²) in [6, 6.07) is 4.07. The topological polar surface area (TPSA) is 48.0 Å². The van der Waals surface area contributed by atoms with Crippen LogP contribution in [0.1, 0.15) is 11.1 Å². The lowest BCUT2D eigenvalue weighted by Gasteiger charge is -2.11. The summed E-state index contributed by atoms with van der Waals surface area (Å²) < 4.78 is 14.8. The highest BCUT2D eigenvalue weighted by Crippen LogP contribution is 2.20. The van der Waals surface area contributed by atoms with Crippen molar-refractivity contribution in [3.8, 4) is 0 Å². The zero-order chi connectivity index (χ0) is 14.2. The maximum absolute atomic E-state index is 13.0. The van der Waals surface area contributed by atoms with Gasteiger partial charge < -0.3 is 10.3 Å². The Bertz CT molecular complexity index is 700. The van der Waals surface area contributed by atoms with Gasteiger partial charge in [0.1, 0.15) is 5.82 Å². The molecule has 6 heteroatoms. The van der Waals surface area contributed by atoms with Gasteiger partial charge in [-0.15, -0.1) is 0 Å². The van der Waals surface area contributed by atoms with Crippen molar-refractivity contribution >= 4 is 33.2 Å². The lowest BCUT2D eigenvalue weighted by Crippen LogP contribution is -2.23. The van der Waals surface area contributed by atoms with Gasteiger partial charge in [0.2, 0.25) is 0 Å². The number of nitrogens with zero attached hydrogens (tertiary/aromatic N) is 1. The Balaban J connectivity index is 2.47. The highest BCUT2D eigenvalue weighted by atomic mass is 79.9. The van der Waals surface area contributed by atoms with Crippen LogP contribution >= 0.6 is 27.5 Å². The summed E-state index contributed by atoms with van der Waals surface area (Å²) in [7, 11) is 0. The first-order chi connectivity index (χ1) is 8.90. The average Bonchev–Trinajstić information content (AvgIpc) is 2.36. The van der Waals surface area contributed by atoms with Crippen LogP contribution in [0.3, 0.4) is 0 Å². The molecule has 1 heterocycles. The summed E-state index contributed by atoms with van der Waals surface area (Å²) in [5.74, 6) is -0.411. The Kier molecular flexibility index (Phi) is 3.96. The van der Waals surface area contributed by atoms with Crippen molar-refractivity contribution in [2.24, 2.45) is 0 Å². The van der Waals surface area contributed by atoms with Crippen LogP contribution in [0.15, 0.2) is 33.7 Å². The van der Waals surface area contributed by atoms with E-state index in [-0.39, 0.29) is 17.1 Å². The molecule has 0 amide bonds. The van der Waals surface area contributed by atoms with E-state index in [0.29, 0.717) is 21.3 Å². The van der Waals surface area contributed by atoms with Crippen LogP contribution in [0.4, 0.5) is 10.1 Å². The zero-order valence-electron chi connectivity index (χ0n) is 10.1. The maximum atomic E-state index is 13.0. The molecule has 0 bridgehead atoms. The van der Waals surface area contributed by atoms with E-state index in [2.05, 4.69) is 15.9 Å². The van der Waals surface area contributed by atoms with Crippen LogP contribution in [0.25, 0.3) is 0 Å². The van der Waals surface area contributed by atoms with Gasteiger partial charge in [-0.3, -0.25) is 4.79 Å². The normalized spacial score (nSPS) is 10.7. The smallest absolute Gasteiger partial charge is 0.265 e. The van der Waals surface area contributed by atoms with E-state index in [4.69, 9.17) is 17.3 Å². The molecule has 2 N–H and O–H groups in total. The van der Waals surface area contributed by atoms with Crippen LogP contribution in [-0.4, -0.2) is 4.57 Å². The van der Waals surface area contributed by atoms with Gasteiger partial charge >= 0.3 is 0 Å². The number of nitrogens with two attached hydrogens (primary N) is 1. The molecule has 0 saturated heterocycles. The van der Waals surface area contributed by atoms with Crippen LogP contribution in [-0.2, 0) is 6.54 Å². The van der Waals surface area contributed by atoms with Crippen LogP contribution in [0.5, 0.6) is 0 Å². The molecule has 1 aromatic carbocycles. The number of halogens is 3. The summed E-state index contributed by atoms with van der Waals surface area (Å²) in [6.45, 7) is 2.00.